The normalized spacial score (nSPS) is 10.2. The zero-order valence-electron chi connectivity index (χ0n) is 14.7. The molecule has 0 spiro atoms. The predicted octanol–water partition coefficient (Wildman–Crippen LogP) is 4.14. The summed E-state index contributed by atoms with van der Waals surface area (Å²) in [5.41, 5.74) is 1.41. The van der Waals surface area contributed by atoms with Crippen molar-refractivity contribution in [3.8, 4) is 11.5 Å². The van der Waals surface area contributed by atoms with Crippen LogP contribution in [0.25, 0.3) is 0 Å². The molecule has 3 rings (SSSR count). The van der Waals surface area contributed by atoms with E-state index in [-0.39, 0.29) is 5.69 Å². The fourth-order valence-electron chi connectivity index (χ4n) is 2.33. The summed E-state index contributed by atoms with van der Waals surface area (Å²) in [7, 11) is 3.07. The highest BCUT2D eigenvalue weighted by Gasteiger charge is 2.13. The highest BCUT2D eigenvalue weighted by Crippen LogP contribution is 2.29. The molecule has 0 saturated carbocycles. The van der Waals surface area contributed by atoms with Gasteiger partial charge in [-0.15, -0.1) is 10.2 Å². The summed E-state index contributed by atoms with van der Waals surface area (Å²) < 4.78 is 10.4. The fraction of sp³-hybridized carbons (Fsp3) is 0.105. The third-order valence-electron chi connectivity index (χ3n) is 3.65. The minimum Gasteiger partial charge on any atom is -0.497 e. The van der Waals surface area contributed by atoms with Crippen LogP contribution in [0.1, 0.15) is 10.5 Å². The van der Waals surface area contributed by atoms with Gasteiger partial charge in [0.1, 0.15) is 11.5 Å². The minimum absolute atomic E-state index is 0.163. The Morgan fingerprint density at radius 1 is 1.00 bits per heavy atom. The molecule has 0 unspecified atom stereocenters. The molecule has 0 aliphatic rings. The topological polar surface area (TPSA) is 85.4 Å². The standard InChI is InChI=1S/C19H17ClN4O3/c1-26-14-6-8-17(27-2)16(11-14)22-19(25)15-7-9-18(24-23-15)21-13-5-3-4-12(20)10-13/h3-11H,1-2H3,(H,21,24)(H,22,25). The molecule has 2 N–H and O–H groups in total. The number of nitrogens with one attached hydrogen (secondary N) is 2. The van der Waals surface area contributed by atoms with Gasteiger partial charge in [-0.25, -0.2) is 0 Å². The number of halogens is 1. The third-order valence-corrected chi connectivity index (χ3v) is 3.88. The van der Waals surface area contributed by atoms with Crippen molar-refractivity contribution in [1.29, 1.82) is 0 Å². The summed E-state index contributed by atoms with van der Waals surface area (Å²) in [5.74, 6) is 1.19. The van der Waals surface area contributed by atoms with E-state index in [0.717, 1.165) is 5.69 Å². The second-order valence-electron chi connectivity index (χ2n) is 5.46. The molecular weight excluding hydrogens is 368 g/mol. The maximum absolute atomic E-state index is 12.4. The molecule has 0 bridgehead atoms. The summed E-state index contributed by atoms with van der Waals surface area (Å²) in [5, 5.41) is 14.4. The van der Waals surface area contributed by atoms with Crippen molar-refractivity contribution < 1.29 is 14.3 Å². The van der Waals surface area contributed by atoms with Gasteiger partial charge >= 0.3 is 0 Å². The molecule has 0 aliphatic carbocycles. The van der Waals surface area contributed by atoms with E-state index >= 15 is 0 Å². The highest BCUT2D eigenvalue weighted by atomic mass is 35.5. The van der Waals surface area contributed by atoms with Gasteiger partial charge in [0, 0.05) is 16.8 Å². The predicted molar refractivity (Wildman–Crippen MR) is 104 cm³/mol. The molecule has 1 aromatic heterocycles. The van der Waals surface area contributed by atoms with Crippen LogP contribution in [0.2, 0.25) is 5.02 Å². The second-order valence-corrected chi connectivity index (χ2v) is 5.90. The molecule has 0 atom stereocenters. The molecule has 3 aromatic rings. The number of hydrogen-bond donors (Lipinski definition) is 2. The maximum atomic E-state index is 12.4. The van der Waals surface area contributed by atoms with E-state index in [0.29, 0.717) is 28.0 Å². The highest BCUT2D eigenvalue weighted by molar-refractivity contribution is 6.30. The monoisotopic (exact) mass is 384 g/mol. The molecule has 8 heteroatoms. The van der Waals surface area contributed by atoms with Crippen molar-refractivity contribution in [2.24, 2.45) is 0 Å². The van der Waals surface area contributed by atoms with Crippen LogP contribution in [0, 0.1) is 0 Å². The molecule has 0 saturated heterocycles. The first-order chi connectivity index (χ1) is 13.1. The van der Waals surface area contributed by atoms with Crippen LogP contribution in [0.3, 0.4) is 0 Å². The minimum atomic E-state index is -0.414. The van der Waals surface area contributed by atoms with Crippen LogP contribution in [0.15, 0.2) is 54.6 Å². The Kier molecular flexibility index (Phi) is 5.73. The lowest BCUT2D eigenvalue weighted by Crippen LogP contribution is -2.15. The van der Waals surface area contributed by atoms with Crippen LogP contribution in [-0.4, -0.2) is 30.3 Å². The van der Waals surface area contributed by atoms with Gasteiger partial charge in [-0.1, -0.05) is 17.7 Å². The number of hydrogen-bond acceptors (Lipinski definition) is 6. The van der Waals surface area contributed by atoms with Crippen molar-refractivity contribution in [3.63, 3.8) is 0 Å². The first-order valence-electron chi connectivity index (χ1n) is 7.99. The van der Waals surface area contributed by atoms with Crippen molar-refractivity contribution in [1.82, 2.24) is 10.2 Å². The van der Waals surface area contributed by atoms with Crippen molar-refractivity contribution in [2.75, 3.05) is 24.9 Å². The lowest BCUT2D eigenvalue weighted by Gasteiger charge is -2.11. The average molecular weight is 385 g/mol. The van der Waals surface area contributed by atoms with Gasteiger partial charge in [0.25, 0.3) is 5.91 Å². The quantitative estimate of drug-likeness (QED) is 0.664. The Hall–Kier alpha value is -3.32. The number of amides is 1. The van der Waals surface area contributed by atoms with Crippen molar-refractivity contribution in [2.45, 2.75) is 0 Å². The van der Waals surface area contributed by atoms with E-state index in [2.05, 4.69) is 20.8 Å². The van der Waals surface area contributed by atoms with Crippen molar-refractivity contribution in [3.05, 3.63) is 65.3 Å². The SMILES string of the molecule is COc1ccc(OC)c(NC(=O)c2ccc(Nc3cccc(Cl)c3)nn2)c1. The molecule has 0 aliphatic heterocycles. The van der Waals surface area contributed by atoms with Crippen LogP contribution in [0.4, 0.5) is 17.2 Å². The molecule has 1 heterocycles. The third kappa shape index (κ3) is 4.65. The van der Waals surface area contributed by atoms with Gasteiger partial charge in [0.05, 0.1) is 19.9 Å². The first kappa shape index (κ1) is 18.5. The molecule has 138 valence electrons. The average Bonchev–Trinajstić information content (AvgIpc) is 2.68. The van der Waals surface area contributed by atoms with E-state index in [4.69, 9.17) is 21.1 Å². The lowest BCUT2D eigenvalue weighted by molar-refractivity contribution is 0.102. The molecule has 0 radical (unpaired) electrons. The first-order valence-corrected chi connectivity index (χ1v) is 8.36. The summed E-state index contributed by atoms with van der Waals surface area (Å²) >= 11 is 5.95. The van der Waals surface area contributed by atoms with Crippen LogP contribution in [0.5, 0.6) is 11.5 Å². The van der Waals surface area contributed by atoms with Crippen LogP contribution in [-0.2, 0) is 0 Å². The summed E-state index contributed by atoms with van der Waals surface area (Å²) in [6.45, 7) is 0. The lowest BCUT2D eigenvalue weighted by atomic mass is 10.2. The zero-order chi connectivity index (χ0) is 19.2. The number of methoxy groups -OCH3 is 2. The van der Waals surface area contributed by atoms with E-state index in [1.807, 2.05) is 12.1 Å². The summed E-state index contributed by atoms with van der Waals surface area (Å²) in [4.78, 5) is 12.4. The van der Waals surface area contributed by atoms with Gasteiger partial charge in [0.15, 0.2) is 11.5 Å². The Labute approximate surface area is 161 Å². The van der Waals surface area contributed by atoms with E-state index < -0.39 is 5.91 Å². The number of carbonyl (C=O) groups excluding carboxylic acids is 1. The van der Waals surface area contributed by atoms with E-state index in [1.54, 1.807) is 49.6 Å². The van der Waals surface area contributed by atoms with Gasteiger partial charge < -0.3 is 20.1 Å². The smallest absolute Gasteiger partial charge is 0.276 e. The summed E-state index contributed by atoms with van der Waals surface area (Å²) in [6, 6.07) is 15.6. The maximum Gasteiger partial charge on any atom is 0.276 e. The Balaban J connectivity index is 1.72. The Morgan fingerprint density at radius 2 is 1.85 bits per heavy atom. The number of ether oxygens (including phenoxy) is 2. The molecule has 7 nitrogen and oxygen atoms in total. The molecular formula is C19H17ClN4O3. The van der Waals surface area contributed by atoms with Gasteiger partial charge in [-0.2, -0.15) is 0 Å². The van der Waals surface area contributed by atoms with E-state index in [9.17, 15) is 4.79 Å². The number of carbonyl (C=O) groups is 1. The van der Waals surface area contributed by atoms with Gasteiger partial charge in [-0.3, -0.25) is 4.79 Å². The number of benzene rings is 2. The van der Waals surface area contributed by atoms with Crippen molar-refractivity contribution >= 4 is 34.7 Å². The van der Waals surface area contributed by atoms with Crippen LogP contribution < -0.4 is 20.1 Å². The molecule has 1 amide bonds. The Morgan fingerprint density at radius 3 is 2.52 bits per heavy atom. The summed E-state index contributed by atoms with van der Waals surface area (Å²) in [6.07, 6.45) is 0. The van der Waals surface area contributed by atoms with Crippen LogP contribution >= 0.6 is 11.6 Å². The number of aromatic nitrogens is 2. The number of nitrogens with zero attached hydrogens (tertiary/aromatic N) is 2. The van der Waals surface area contributed by atoms with E-state index in [1.165, 1.54) is 7.11 Å². The fourth-order valence-corrected chi connectivity index (χ4v) is 2.52. The molecule has 0 fully saturated rings. The number of rotatable bonds is 6. The molecule has 2 aromatic carbocycles. The number of anilines is 3. The second kappa shape index (κ2) is 8.37. The largest absolute Gasteiger partial charge is 0.497 e. The Bertz CT molecular complexity index is 948. The molecule has 27 heavy (non-hydrogen) atoms. The zero-order valence-corrected chi connectivity index (χ0v) is 15.4. The van der Waals surface area contributed by atoms with Gasteiger partial charge in [-0.05, 0) is 42.5 Å². The van der Waals surface area contributed by atoms with Gasteiger partial charge in [0.2, 0.25) is 0 Å².